The number of hydrogen-bond donors (Lipinski definition) is 1. The van der Waals surface area contributed by atoms with Crippen LogP contribution in [0.25, 0.3) is 16.9 Å². The van der Waals surface area contributed by atoms with Crippen LogP contribution in [0.2, 0.25) is 0 Å². The average molecular weight is 269 g/mol. The minimum absolute atomic E-state index is 0.0390. The molecule has 0 bridgehead atoms. The Bertz CT molecular complexity index is 854. The van der Waals surface area contributed by atoms with Crippen LogP contribution in [0.15, 0.2) is 27.6 Å². The van der Waals surface area contributed by atoms with E-state index in [-0.39, 0.29) is 5.56 Å². The van der Waals surface area contributed by atoms with Gasteiger partial charge in [0, 0.05) is 17.2 Å². The number of hydrogen-bond acceptors (Lipinski definition) is 3. The highest BCUT2D eigenvalue weighted by Crippen LogP contribution is 2.24. The first-order valence-electron chi connectivity index (χ1n) is 6.92. The molecule has 1 aliphatic carbocycles. The molecule has 1 aliphatic rings. The number of aryl methyl sites for hydroxylation is 2. The smallest absolute Gasteiger partial charge is 0.276 e. The van der Waals surface area contributed by atoms with Crippen LogP contribution in [0.4, 0.5) is 0 Å². The van der Waals surface area contributed by atoms with Gasteiger partial charge in [-0.1, -0.05) is 0 Å². The highest BCUT2D eigenvalue weighted by atomic mass is 16.3. The van der Waals surface area contributed by atoms with Gasteiger partial charge in [-0.3, -0.25) is 9.89 Å². The SMILES string of the molecule is Cc1occc1-c1cc2nc3c(c(=O)n2[nH]1)CCCC3. The van der Waals surface area contributed by atoms with Gasteiger partial charge in [-0.2, -0.15) is 0 Å². The van der Waals surface area contributed by atoms with Crippen molar-refractivity contribution in [2.45, 2.75) is 32.6 Å². The summed E-state index contributed by atoms with van der Waals surface area (Å²) in [4.78, 5) is 17.1. The molecule has 3 aromatic heterocycles. The first-order chi connectivity index (χ1) is 9.74. The molecule has 3 heterocycles. The molecule has 0 radical (unpaired) electrons. The van der Waals surface area contributed by atoms with Crippen LogP contribution in [-0.4, -0.2) is 14.6 Å². The second-order valence-electron chi connectivity index (χ2n) is 5.30. The van der Waals surface area contributed by atoms with E-state index in [0.29, 0.717) is 5.65 Å². The number of nitrogens with one attached hydrogen (secondary N) is 1. The number of H-pyrrole nitrogens is 1. The first-order valence-corrected chi connectivity index (χ1v) is 6.92. The van der Waals surface area contributed by atoms with Crippen LogP contribution in [0, 0.1) is 6.92 Å². The van der Waals surface area contributed by atoms with Crippen LogP contribution < -0.4 is 5.56 Å². The van der Waals surface area contributed by atoms with E-state index in [9.17, 15) is 4.79 Å². The molecule has 0 fully saturated rings. The van der Waals surface area contributed by atoms with Crippen molar-refractivity contribution in [2.24, 2.45) is 0 Å². The molecule has 0 atom stereocenters. The van der Waals surface area contributed by atoms with Crippen molar-refractivity contribution in [1.29, 1.82) is 0 Å². The molecule has 0 amide bonds. The van der Waals surface area contributed by atoms with E-state index in [1.54, 1.807) is 10.8 Å². The molecular weight excluding hydrogens is 254 g/mol. The van der Waals surface area contributed by atoms with Crippen LogP contribution in [0.3, 0.4) is 0 Å². The Hall–Kier alpha value is -2.30. The number of aromatic nitrogens is 3. The largest absolute Gasteiger partial charge is 0.469 e. The first kappa shape index (κ1) is 11.5. The van der Waals surface area contributed by atoms with E-state index in [4.69, 9.17) is 4.42 Å². The molecular formula is C15H15N3O2. The molecule has 20 heavy (non-hydrogen) atoms. The zero-order valence-electron chi connectivity index (χ0n) is 11.3. The molecule has 0 spiro atoms. The Morgan fingerprint density at radius 2 is 2.20 bits per heavy atom. The van der Waals surface area contributed by atoms with Gasteiger partial charge < -0.3 is 4.42 Å². The maximum absolute atomic E-state index is 12.5. The van der Waals surface area contributed by atoms with Crippen LogP contribution in [-0.2, 0) is 12.8 Å². The minimum Gasteiger partial charge on any atom is -0.469 e. The van der Waals surface area contributed by atoms with E-state index < -0.39 is 0 Å². The monoisotopic (exact) mass is 269 g/mol. The number of fused-ring (bicyclic) bond motifs is 2. The van der Waals surface area contributed by atoms with E-state index >= 15 is 0 Å². The van der Waals surface area contributed by atoms with Crippen molar-refractivity contribution in [1.82, 2.24) is 14.6 Å². The second kappa shape index (κ2) is 4.10. The zero-order valence-corrected chi connectivity index (χ0v) is 11.3. The van der Waals surface area contributed by atoms with Crippen molar-refractivity contribution in [3.05, 3.63) is 45.8 Å². The molecule has 0 aromatic carbocycles. The third kappa shape index (κ3) is 1.56. The molecule has 0 saturated carbocycles. The van der Waals surface area contributed by atoms with E-state index in [0.717, 1.165) is 54.0 Å². The molecule has 1 N–H and O–H groups in total. The third-order valence-electron chi connectivity index (χ3n) is 4.03. The summed E-state index contributed by atoms with van der Waals surface area (Å²) in [5.41, 5.74) is 4.39. The maximum Gasteiger partial charge on any atom is 0.276 e. The quantitative estimate of drug-likeness (QED) is 0.738. The molecule has 0 unspecified atom stereocenters. The van der Waals surface area contributed by atoms with Gasteiger partial charge in [0.05, 0.1) is 17.7 Å². The molecule has 0 aliphatic heterocycles. The Labute approximate surface area is 115 Å². The van der Waals surface area contributed by atoms with Crippen molar-refractivity contribution < 1.29 is 4.42 Å². The standard InChI is InChI=1S/C15H15N3O2/c1-9-10(6-7-20-9)13-8-14-16-12-5-3-2-4-11(12)15(19)18(14)17-13/h6-8,17H,2-5H2,1H3. The topological polar surface area (TPSA) is 63.3 Å². The summed E-state index contributed by atoms with van der Waals surface area (Å²) < 4.78 is 6.86. The predicted molar refractivity (Wildman–Crippen MR) is 74.9 cm³/mol. The average Bonchev–Trinajstić information content (AvgIpc) is 3.05. The Morgan fingerprint density at radius 1 is 1.35 bits per heavy atom. The molecule has 5 nitrogen and oxygen atoms in total. The van der Waals surface area contributed by atoms with Crippen LogP contribution in [0.1, 0.15) is 29.9 Å². The van der Waals surface area contributed by atoms with Gasteiger partial charge >= 0.3 is 0 Å². The van der Waals surface area contributed by atoms with Crippen molar-refractivity contribution >= 4 is 5.65 Å². The third-order valence-corrected chi connectivity index (χ3v) is 4.03. The predicted octanol–water partition coefficient (Wildman–Crippen LogP) is 2.47. The molecule has 4 rings (SSSR count). The fraction of sp³-hybridized carbons (Fsp3) is 0.333. The highest BCUT2D eigenvalue weighted by Gasteiger charge is 2.18. The summed E-state index contributed by atoms with van der Waals surface area (Å²) in [6.07, 6.45) is 5.59. The van der Waals surface area contributed by atoms with Crippen molar-refractivity contribution in [2.75, 3.05) is 0 Å². The Morgan fingerprint density at radius 3 is 3.00 bits per heavy atom. The fourth-order valence-corrected chi connectivity index (χ4v) is 2.96. The fourth-order valence-electron chi connectivity index (χ4n) is 2.96. The molecule has 102 valence electrons. The van der Waals surface area contributed by atoms with Gasteiger partial charge in [0.15, 0.2) is 5.65 Å². The molecule has 3 aromatic rings. The van der Waals surface area contributed by atoms with Gasteiger partial charge in [-0.25, -0.2) is 9.50 Å². The van der Waals surface area contributed by atoms with Crippen LogP contribution >= 0.6 is 0 Å². The lowest BCUT2D eigenvalue weighted by Gasteiger charge is -2.13. The highest BCUT2D eigenvalue weighted by molar-refractivity contribution is 5.65. The normalized spacial score (nSPS) is 14.7. The zero-order chi connectivity index (χ0) is 13.7. The summed E-state index contributed by atoms with van der Waals surface area (Å²) in [5, 5.41) is 3.14. The lowest BCUT2D eigenvalue weighted by Crippen LogP contribution is -2.24. The van der Waals surface area contributed by atoms with E-state index in [1.807, 2.05) is 19.1 Å². The van der Waals surface area contributed by atoms with Crippen LogP contribution in [0.5, 0.6) is 0 Å². The Balaban J connectivity index is 1.98. The lowest BCUT2D eigenvalue weighted by molar-refractivity contribution is 0.535. The summed E-state index contributed by atoms with van der Waals surface area (Å²) in [6.45, 7) is 1.90. The molecule has 0 saturated heterocycles. The summed E-state index contributed by atoms with van der Waals surface area (Å²) in [7, 11) is 0. The second-order valence-corrected chi connectivity index (χ2v) is 5.30. The molecule has 5 heteroatoms. The summed E-state index contributed by atoms with van der Waals surface area (Å²) >= 11 is 0. The number of nitrogens with zero attached hydrogens (tertiary/aromatic N) is 2. The maximum atomic E-state index is 12.5. The van der Waals surface area contributed by atoms with Crippen molar-refractivity contribution in [3.63, 3.8) is 0 Å². The Kier molecular flexibility index (Phi) is 2.36. The number of rotatable bonds is 1. The van der Waals surface area contributed by atoms with Gasteiger partial charge in [-0.05, 0) is 38.7 Å². The van der Waals surface area contributed by atoms with Gasteiger partial charge in [0.2, 0.25) is 0 Å². The summed E-state index contributed by atoms with van der Waals surface area (Å²) in [5.74, 6) is 0.828. The van der Waals surface area contributed by atoms with E-state index in [2.05, 4.69) is 10.1 Å². The lowest BCUT2D eigenvalue weighted by atomic mass is 9.97. The number of aromatic amines is 1. The van der Waals surface area contributed by atoms with Gasteiger partial charge in [0.1, 0.15) is 5.76 Å². The van der Waals surface area contributed by atoms with Gasteiger partial charge in [-0.15, -0.1) is 0 Å². The minimum atomic E-state index is 0.0390. The summed E-state index contributed by atoms with van der Waals surface area (Å²) in [6, 6.07) is 3.80. The van der Waals surface area contributed by atoms with Crippen molar-refractivity contribution in [3.8, 4) is 11.3 Å². The van der Waals surface area contributed by atoms with Gasteiger partial charge in [0.25, 0.3) is 5.56 Å². The van der Waals surface area contributed by atoms with E-state index in [1.165, 1.54) is 0 Å². The number of furan rings is 1.